The summed E-state index contributed by atoms with van der Waals surface area (Å²) < 4.78 is 15.2. The second-order valence-electron chi connectivity index (χ2n) is 2.81. The first-order valence-corrected chi connectivity index (χ1v) is 5.04. The lowest BCUT2D eigenvalue weighted by Gasteiger charge is -2.16. The Morgan fingerprint density at radius 2 is 1.79 bits per heavy atom. The molecule has 4 nitrogen and oxygen atoms in total. The van der Waals surface area contributed by atoms with Crippen molar-refractivity contribution in [2.75, 3.05) is 20.3 Å². The van der Waals surface area contributed by atoms with Crippen LogP contribution in [-0.2, 0) is 19.0 Å². The van der Waals surface area contributed by atoms with Gasteiger partial charge in [0.15, 0.2) is 6.29 Å². The van der Waals surface area contributed by atoms with E-state index in [2.05, 4.69) is 4.74 Å². The van der Waals surface area contributed by atoms with Crippen LogP contribution in [0.1, 0.15) is 33.1 Å². The van der Waals surface area contributed by atoms with Crippen LogP contribution in [0.4, 0.5) is 0 Å². The van der Waals surface area contributed by atoms with Gasteiger partial charge >= 0.3 is 5.97 Å². The molecule has 0 radical (unpaired) electrons. The van der Waals surface area contributed by atoms with Crippen LogP contribution in [0.3, 0.4) is 0 Å². The number of carbonyl (C=O) groups excluding carboxylic acids is 1. The van der Waals surface area contributed by atoms with E-state index in [1.807, 2.05) is 13.8 Å². The van der Waals surface area contributed by atoms with Crippen molar-refractivity contribution in [2.45, 2.75) is 39.4 Å². The molecule has 0 saturated heterocycles. The molecule has 0 amide bonds. The quantitative estimate of drug-likeness (QED) is 0.446. The van der Waals surface area contributed by atoms with Gasteiger partial charge in [0.2, 0.25) is 0 Å². The molecule has 0 bridgehead atoms. The SMILES string of the molecule is CCOC(CCCC(=O)OC)OCC. The molecule has 0 aromatic carbocycles. The van der Waals surface area contributed by atoms with Crippen molar-refractivity contribution in [3.05, 3.63) is 0 Å². The van der Waals surface area contributed by atoms with Crippen LogP contribution in [0, 0.1) is 0 Å². The Kier molecular flexibility index (Phi) is 8.57. The van der Waals surface area contributed by atoms with Crippen LogP contribution in [0.15, 0.2) is 0 Å². The molecule has 0 aromatic heterocycles. The van der Waals surface area contributed by atoms with E-state index in [1.165, 1.54) is 7.11 Å². The number of hydrogen-bond acceptors (Lipinski definition) is 4. The highest BCUT2D eigenvalue weighted by Crippen LogP contribution is 2.07. The van der Waals surface area contributed by atoms with Crippen LogP contribution >= 0.6 is 0 Å². The molecule has 0 rings (SSSR count). The first kappa shape index (κ1) is 13.4. The predicted octanol–water partition coefficient (Wildman–Crippen LogP) is 1.73. The Hall–Kier alpha value is -0.610. The molecule has 0 spiro atoms. The third-order valence-corrected chi connectivity index (χ3v) is 1.75. The number of esters is 1. The summed E-state index contributed by atoms with van der Waals surface area (Å²) in [5.41, 5.74) is 0. The smallest absolute Gasteiger partial charge is 0.305 e. The molecule has 0 atom stereocenters. The van der Waals surface area contributed by atoms with Crippen molar-refractivity contribution in [1.82, 2.24) is 0 Å². The Bertz CT molecular complexity index is 141. The minimum atomic E-state index is -0.186. The first-order valence-electron chi connectivity index (χ1n) is 5.04. The van der Waals surface area contributed by atoms with Gasteiger partial charge in [-0.3, -0.25) is 4.79 Å². The molecule has 14 heavy (non-hydrogen) atoms. The van der Waals surface area contributed by atoms with Crippen molar-refractivity contribution < 1.29 is 19.0 Å². The third kappa shape index (κ3) is 6.86. The third-order valence-electron chi connectivity index (χ3n) is 1.75. The number of rotatable bonds is 8. The fourth-order valence-electron chi connectivity index (χ4n) is 1.10. The molecule has 4 heteroatoms. The van der Waals surface area contributed by atoms with E-state index in [4.69, 9.17) is 9.47 Å². The van der Waals surface area contributed by atoms with Gasteiger partial charge in [0, 0.05) is 19.6 Å². The second kappa shape index (κ2) is 8.97. The summed E-state index contributed by atoms with van der Waals surface area (Å²) in [5, 5.41) is 0. The zero-order valence-corrected chi connectivity index (χ0v) is 9.25. The summed E-state index contributed by atoms with van der Waals surface area (Å²) in [4.78, 5) is 10.8. The molecule has 84 valence electrons. The number of hydrogen-bond donors (Lipinski definition) is 0. The fraction of sp³-hybridized carbons (Fsp3) is 0.900. The van der Waals surface area contributed by atoms with E-state index in [1.54, 1.807) is 0 Å². The lowest BCUT2D eigenvalue weighted by molar-refractivity contribution is -0.146. The molecule has 0 aliphatic heterocycles. The molecule has 0 unspecified atom stereocenters. The summed E-state index contributed by atoms with van der Waals surface area (Å²) in [6.07, 6.45) is 1.70. The van der Waals surface area contributed by atoms with E-state index in [9.17, 15) is 4.79 Å². The number of ether oxygens (including phenoxy) is 3. The lowest BCUT2D eigenvalue weighted by Crippen LogP contribution is -2.17. The van der Waals surface area contributed by atoms with Crippen LogP contribution in [0.5, 0.6) is 0 Å². The van der Waals surface area contributed by atoms with E-state index in [0.717, 1.165) is 12.8 Å². The van der Waals surface area contributed by atoms with Crippen molar-refractivity contribution in [1.29, 1.82) is 0 Å². The first-order chi connectivity index (χ1) is 6.74. The van der Waals surface area contributed by atoms with Crippen molar-refractivity contribution in [3.63, 3.8) is 0 Å². The Labute approximate surface area is 85.5 Å². The molecule has 0 aliphatic carbocycles. The topological polar surface area (TPSA) is 44.8 Å². The van der Waals surface area contributed by atoms with E-state index >= 15 is 0 Å². The normalized spacial score (nSPS) is 10.6. The molecule has 0 fully saturated rings. The molecular weight excluding hydrogens is 184 g/mol. The van der Waals surface area contributed by atoms with Gasteiger partial charge in [0.05, 0.1) is 7.11 Å². The maximum absolute atomic E-state index is 10.8. The zero-order chi connectivity index (χ0) is 10.8. The number of carbonyl (C=O) groups is 1. The van der Waals surface area contributed by atoms with Gasteiger partial charge in [-0.2, -0.15) is 0 Å². The van der Waals surface area contributed by atoms with Crippen molar-refractivity contribution in [3.8, 4) is 0 Å². The average molecular weight is 204 g/mol. The Balaban J connectivity index is 3.54. The lowest BCUT2D eigenvalue weighted by atomic mass is 10.2. The Morgan fingerprint density at radius 1 is 1.21 bits per heavy atom. The summed E-state index contributed by atoms with van der Waals surface area (Å²) in [6.45, 7) is 5.10. The minimum absolute atomic E-state index is 0.184. The van der Waals surface area contributed by atoms with Gasteiger partial charge in [-0.1, -0.05) is 0 Å². The standard InChI is InChI=1S/C10H20O4/c1-4-13-10(14-5-2)8-6-7-9(11)12-3/h10H,4-8H2,1-3H3. The highest BCUT2D eigenvalue weighted by Gasteiger charge is 2.08. The van der Waals surface area contributed by atoms with Crippen LogP contribution < -0.4 is 0 Å². The number of methoxy groups -OCH3 is 1. The maximum atomic E-state index is 10.8. The predicted molar refractivity (Wildman–Crippen MR) is 52.9 cm³/mol. The summed E-state index contributed by atoms with van der Waals surface area (Å²) in [5.74, 6) is -0.184. The highest BCUT2D eigenvalue weighted by atomic mass is 16.7. The van der Waals surface area contributed by atoms with Crippen LogP contribution in [-0.4, -0.2) is 32.6 Å². The fourth-order valence-corrected chi connectivity index (χ4v) is 1.10. The largest absolute Gasteiger partial charge is 0.469 e. The Morgan fingerprint density at radius 3 is 2.21 bits per heavy atom. The molecule has 0 N–H and O–H groups in total. The highest BCUT2D eigenvalue weighted by molar-refractivity contribution is 5.68. The maximum Gasteiger partial charge on any atom is 0.305 e. The average Bonchev–Trinajstić information content (AvgIpc) is 2.18. The van der Waals surface area contributed by atoms with Gasteiger partial charge in [-0.15, -0.1) is 0 Å². The summed E-state index contributed by atoms with van der Waals surface area (Å²) in [7, 11) is 1.39. The van der Waals surface area contributed by atoms with E-state index in [-0.39, 0.29) is 12.3 Å². The molecule has 0 aromatic rings. The van der Waals surface area contributed by atoms with E-state index in [0.29, 0.717) is 19.6 Å². The molecule has 0 saturated carbocycles. The minimum Gasteiger partial charge on any atom is -0.469 e. The van der Waals surface area contributed by atoms with Crippen LogP contribution in [0.2, 0.25) is 0 Å². The van der Waals surface area contributed by atoms with Crippen LogP contribution in [0.25, 0.3) is 0 Å². The van der Waals surface area contributed by atoms with Gasteiger partial charge < -0.3 is 14.2 Å². The molecule has 0 heterocycles. The van der Waals surface area contributed by atoms with Gasteiger partial charge in [-0.05, 0) is 26.7 Å². The second-order valence-corrected chi connectivity index (χ2v) is 2.81. The molecular formula is C10H20O4. The molecule has 0 aliphatic rings. The van der Waals surface area contributed by atoms with Gasteiger partial charge in [-0.25, -0.2) is 0 Å². The summed E-state index contributed by atoms with van der Waals surface area (Å²) in [6, 6.07) is 0. The van der Waals surface area contributed by atoms with Gasteiger partial charge in [0.25, 0.3) is 0 Å². The van der Waals surface area contributed by atoms with Crippen molar-refractivity contribution in [2.24, 2.45) is 0 Å². The summed E-state index contributed by atoms with van der Waals surface area (Å²) >= 11 is 0. The van der Waals surface area contributed by atoms with Crippen molar-refractivity contribution >= 4 is 5.97 Å². The van der Waals surface area contributed by atoms with Gasteiger partial charge in [0.1, 0.15) is 0 Å². The monoisotopic (exact) mass is 204 g/mol. The van der Waals surface area contributed by atoms with E-state index < -0.39 is 0 Å². The zero-order valence-electron chi connectivity index (χ0n) is 9.25.